The van der Waals surface area contributed by atoms with Crippen molar-refractivity contribution < 1.29 is 19.5 Å². The fourth-order valence-electron chi connectivity index (χ4n) is 5.38. The summed E-state index contributed by atoms with van der Waals surface area (Å²) < 4.78 is 0. The van der Waals surface area contributed by atoms with Gasteiger partial charge in [-0.1, -0.05) is 66.7 Å². The quantitative estimate of drug-likeness (QED) is 0.346. The number of phenolic OH excluding ortho intramolecular Hbond substituents is 1. The van der Waals surface area contributed by atoms with E-state index in [1.165, 1.54) is 23.1 Å². The maximum atomic E-state index is 14.3. The summed E-state index contributed by atoms with van der Waals surface area (Å²) in [5, 5.41) is 16.6. The number of carbonyl (C=O) groups is 3. The van der Waals surface area contributed by atoms with Gasteiger partial charge in [0.05, 0.1) is 11.3 Å². The first kappa shape index (κ1) is 27.0. The molecular weight excluding hydrogens is 537 g/mol. The first-order valence-corrected chi connectivity index (χ1v) is 13.8. The zero-order valence-electron chi connectivity index (χ0n) is 21.2. The van der Waals surface area contributed by atoms with Crippen molar-refractivity contribution >= 4 is 46.6 Å². The topological polar surface area (TPSA) is 98.7 Å². The number of phenols is 1. The van der Waals surface area contributed by atoms with Crippen LogP contribution in [-0.4, -0.2) is 39.8 Å². The highest BCUT2D eigenvalue weighted by Gasteiger charge is 2.43. The van der Waals surface area contributed by atoms with Crippen LogP contribution in [0.5, 0.6) is 5.75 Å². The summed E-state index contributed by atoms with van der Waals surface area (Å²) in [6.45, 7) is 0. The molecule has 3 aromatic carbocycles. The summed E-state index contributed by atoms with van der Waals surface area (Å²) in [6, 6.07) is 15.8. The Morgan fingerprint density at radius 1 is 0.949 bits per heavy atom. The first-order valence-electron chi connectivity index (χ1n) is 13.1. The molecule has 7 nitrogen and oxygen atoms in total. The van der Waals surface area contributed by atoms with Crippen molar-refractivity contribution in [3.8, 4) is 5.75 Å². The number of aromatic hydroxyl groups is 1. The summed E-state index contributed by atoms with van der Waals surface area (Å²) >= 11 is 12.4. The Labute approximate surface area is 237 Å². The lowest BCUT2D eigenvalue weighted by atomic mass is 9.93. The second-order valence-corrected chi connectivity index (χ2v) is 10.9. The lowest BCUT2D eigenvalue weighted by molar-refractivity contribution is -0.129. The fourth-order valence-corrected chi connectivity index (χ4v) is 5.68. The number of anilines is 1. The Balaban J connectivity index is 1.62. The van der Waals surface area contributed by atoms with Gasteiger partial charge in [-0.2, -0.15) is 0 Å². The Bertz CT molecular complexity index is 1370. The molecule has 9 heteroatoms. The van der Waals surface area contributed by atoms with Crippen LogP contribution in [0.15, 0.2) is 66.7 Å². The molecule has 39 heavy (non-hydrogen) atoms. The number of amides is 3. The second kappa shape index (κ2) is 11.7. The van der Waals surface area contributed by atoms with Crippen LogP contribution in [0.1, 0.15) is 59.6 Å². The van der Waals surface area contributed by atoms with Gasteiger partial charge in [-0.05, 0) is 66.4 Å². The van der Waals surface area contributed by atoms with E-state index in [1.807, 2.05) is 0 Å². The monoisotopic (exact) mass is 565 g/mol. The van der Waals surface area contributed by atoms with Gasteiger partial charge in [0.1, 0.15) is 17.8 Å². The van der Waals surface area contributed by atoms with Crippen molar-refractivity contribution in [2.75, 3.05) is 5.32 Å². The van der Waals surface area contributed by atoms with Crippen molar-refractivity contribution in [2.24, 2.45) is 0 Å². The lowest BCUT2D eigenvalue weighted by Crippen LogP contribution is -2.53. The highest BCUT2D eigenvalue weighted by atomic mass is 35.5. The number of halogens is 2. The van der Waals surface area contributed by atoms with Crippen molar-refractivity contribution in [2.45, 2.75) is 56.7 Å². The summed E-state index contributed by atoms with van der Waals surface area (Å²) in [6.07, 6.45) is 5.04. The minimum absolute atomic E-state index is 0.00130. The number of rotatable bonds is 6. The molecule has 0 saturated heterocycles. The molecule has 0 spiro atoms. The van der Waals surface area contributed by atoms with Crippen LogP contribution < -0.4 is 10.6 Å². The molecule has 1 heterocycles. The van der Waals surface area contributed by atoms with Gasteiger partial charge in [0, 0.05) is 22.5 Å². The molecule has 1 unspecified atom stereocenters. The number of hydrogen-bond donors (Lipinski definition) is 3. The Hall–Kier alpha value is -3.55. The minimum Gasteiger partial charge on any atom is -0.508 e. The van der Waals surface area contributed by atoms with E-state index in [9.17, 15) is 19.5 Å². The lowest BCUT2D eigenvalue weighted by Gasteiger charge is -2.36. The van der Waals surface area contributed by atoms with Gasteiger partial charge in [0.2, 0.25) is 11.8 Å². The van der Waals surface area contributed by atoms with E-state index in [-0.39, 0.29) is 29.7 Å². The van der Waals surface area contributed by atoms with Gasteiger partial charge >= 0.3 is 0 Å². The number of nitrogens with zero attached hydrogens (tertiary/aromatic N) is 1. The standard InChI is InChI=1S/C30H29Cl2N3O4/c31-20-10-8-19(9-11-20)27(29(38)33-22-4-2-1-3-5-22)35-26(16-18-6-13-23(36)14-7-18)28(37)34-25-17-21(32)12-15-24(25)30(35)39/h6-15,17,22,26-27,36H,1-5,16H2,(H,33,38)(H,34,37)/t26-,27?/m0/s1. The normalized spacial score (nSPS) is 18.6. The molecule has 5 rings (SSSR count). The summed E-state index contributed by atoms with van der Waals surface area (Å²) in [5.41, 5.74) is 1.79. The van der Waals surface area contributed by atoms with Crippen LogP contribution in [0.4, 0.5) is 5.69 Å². The predicted octanol–water partition coefficient (Wildman–Crippen LogP) is 5.89. The molecule has 2 aliphatic rings. The van der Waals surface area contributed by atoms with Gasteiger partial charge in [-0.25, -0.2) is 0 Å². The van der Waals surface area contributed by atoms with Gasteiger partial charge < -0.3 is 20.6 Å². The van der Waals surface area contributed by atoms with Crippen LogP contribution in [-0.2, 0) is 16.0 Å². The Kier molecular flexibility index (Phi) is 8.10. The molecule has 0 bridgehead atoms. The average molecular weight is 566 g/mol. The largest absolute Gasteiger partial charge is 0.508 e. The molecule has 1 saturated carbocycles. The average Bonchev–Trinajstić information content (AvgIpc) is 3.01. The minimum atomic E-state index is -1.09. The second-order valence-electron chi connectivity index (χ2n) is 10.1. The van der Waals surface area contributed by atoms with Gasteiger partial charge in [0.15, 0.2) is 0 Å². The first-order chi connectivity index (χ1) is 18.8. The van der Waals surface area contributed by atoms with Crippen LogP contribution in [0, 0.1) is 0 Å². The summed E-state index contributed by atoms with van der Waals surface area (Å²) in [4.78, 5) is 43.5. The Morgan fingerprint density at radius 2 is 1.62 bits per heavy atom. The third-order valence-corrected chi connectivity index (χ3v) is 7.86. The molecule has 1 aliphatic carbocycles. The van der Waals surface area contributed by atoms with Crippen LogP contribution in [0.25, 0.3) is 0 Å². The zero-order valence-corrected chi connectivity index (χ0v) is 22.7. The number of fused-ring (bicyclic) bond motifs is 1. The molecule has 3 amide bonds. The van der Waals surface area contributed by atoms with E-state index in [2.05, 4.69) is 10.6 Å². The third kappa shape index (κ3) is 6.05. The third-order valence-electron chi connectivity index (χ3n) is 7.37. The molecule has 202 valence electrons. The number of benzene rings is 3. The molecule has 1 aliphatic heterocycles. The molecule has 3 N–H and O–H groups in total. The predicted molar refractivity (Wildman–Crippen MR) is 151 cm³/mol. The Morgan fingerprint density at radius 3 is 2.31 bits per heavy atom. The smallest absolute Gasteiger partial charge is 0.257 e. The van der Waals surface area contributed by atoms with E-state index in [4.69, 9.17) is 23.2 Å². The van der Waals surface area contributed by atoms with Crippen LogP contribution >= 0.6 is 23.2 Å². The van der Waals surface area contributed by atoms with Crippen molar-refractivity contribution in [3.63, 3.8) is 0 Å². The van der Waals surface area contributed by atoms with Crippen molar-refractivity contribution in [3.05, 3.63) is 93.5 Å². The van der Waals surface area contributed by atoms with Crippen LogP contribution in [0.3, 0.4) is 0 Å². The van der Waals surface area contributed by atoms with Crippen molar-refractivity contribution in [1.82, 2.24) is 10.2 Å². The fraction of sp³-hybridized carbons (Fsp3) is 0.300. The van der Waals surface area contributed by atoms with Gasteiger partial charge in [-0.3, -0.25) is 14.4 Å². The van der Waals surface area contributed by atoms with E-state index >= 15 is 0 Å². The van der Waals surface area contributed by atoms with Gasteiger partial charge in [-0.15, -0.1) is 0 Å². The van der Waals surface area contributed by atoms with E-state index < -0.39 is 23.9 Å². The molecule has 0 radical (unpaired) electrons. The highest BCUT2D eigenvalue weighted by molar-refractivity contribution is 6.31. The number of hydrogen-bond acceptors (Lipinski definition) is 4. The van der Waals surface area contributed by atoms with Crippen LogP contribution in [0.2, 0.25) is 10.0 Å². The van der Waals surface area contributed by atoms with E-state index in [1.54, 1.807) is 48.5 Å². The summed E-state index contributed by atoms with van der Waals surface area (Å²) in [5.74, 6) is -1.17. The van der Waals surface area contributed by atoms with E-state index in [0.717, 1.165) is 37.7 Å². The summed E-state index contributed by atoms with van der Waals surface area (Å²) in [7, 11) is 0. The SMILES string of the molecule is O=C(NC1CCCCC1)C(c1ccc(Cl)cc1)N1C(=O)c2ccc(Cl)cc2NC(=O)[C@@H]1Cc1ccc(O)cc1. The maximum Gasteiger partial charge on any atom is 0.257 e. The zero-order chi connectivity index (χ0) is 27.5. The van der Waals surface area contributed by atoms with Crippen molar-refractivity contribution in [1.29, 1.82) is 0 Å². The molecule has 3 aromatic rings. The maximum absolute atomic E-state index is 14.3. The van der Waals surface area contributed by atoms with Gasteiger partial charge in [0.25, 0.3) is 5.91 Å². The molecule has 2 atom stereocenters. The molecule has 1 fully saturated rings. The molecule has 0 aromatic heterocycles. The highest BCUT2D eigenvalue weighted by Crippen LogP contribution is 2.34. The number of carbonyl (C=O) groups excluding carboxylic acids is 3. The number of nitrogens with one attached hydrogen (secondary N) is 2. The molecular formula is C30H29Cl2N3O4. The van der Waals surface area contributed by atoms with E-state index in [0.29, 0.717) is 21.3 Å².